The summed E-state index contributed by atoms with van der Waals surface area (Å²) in [6.45, 7) is 0. The van der Waals surface area contributed by atoms with Gasteiger partial charge in [0.1, 0.15) is 0 Å². The average Bonchev–Trinajstić information content (AvgIpc) is 3.80. The van der Waals surface area contributed by atoms with Gasteiger partial charge in [0.2, 0.25) is 0 Å². The maximum atomic E-state index is 9.59. The molecule has 0 fully saturated rings. The molecule has 292 valence electrons. The summed E-state index contributed by atoms with van der Waals surface area (Å²) in [6, 6.07) is 82.2. The molecule has 0 aromatic heterocycles. The minimum absolute atomic E-state index is 0.551. The maximum Gasteiger partial charge on any atom is 0.0991 e. The van der Waals surface area contributed by atoms with E-state index in [0.717, 1.165) is 44.9 Å². The third kappa shape index (κ3) is 5.53. The van der Waals surface area contributed by atoms with E-state index in [1.165, 1.54) is 55.3 Å². The Hall–Kier alpha value is -8.70. The summed E-state index contributed by atoms with van der Waals surface area (Å²) in [5.41, 5.74) is 17.0. The second-order valence-corrected chi connectivity index (χ2v) is 16.4. The smallest absolute Gasteiger partial charge is 0.0991 e. The van der Waals surface area contributed by atoms with E-state index in [9.17, 15) is 10.5 Å². The van der Waals surface area contributed by atoms with E-state index in [2.05, 4.69) is 180 Å². The van der Waals surface area contributed by atoms with Gasteiger partial charge >= 0.3 is 0 Å². The first-order valence-corrected chi connectivity index (χ1v) is 21.2. The highest BCUT2D eigenvalue weighted by Gasteiger charge is 2.51. The minimum Gasteiger partial charge on any atom is -0.310 e. The van der Waals surface area contributed by atoms with E-state index in [-0.39, 0.29) is 0 Å². The molecule has 0 heterocycles. The zero-order valence-corrected chi connectivity index (χ0v) is 34.1. The molecule has 0 bridgehead atoms. The van der Waals surface area contributed by atoms with E-state index < -0.39 is 5.41 Å². The van der Waals surface area contributed by atoms with E-state index in [1.54, 1.807) is 0 Å². The molecule has 1 spiro atoms. The van der Waals surface area contributed by atoms with Gasteiger partial charge in [0.05, 0.1) is 28.7 Å². The Kier molecular flexibility index (Phi) is 8.16. The van der Waals surface area contributed by atoms with Crippen LogP contribution in [0.3, 0.4) is 0 Å². The van der Waals surface area contributed by atoms with Crippen molar-refractivity contribution >= 4 is 55.7 Å². The van der Waals surface area contributed by atoms with Crippen LogP contribution in [0.5, 0.6) is 0 Å². The van der Waals surface area contributed by atoms with Crippen molar-refractivity contribution in [3.8, 4) is 34.4 Å². The molecule has 0 aliphatic heterocycles. The number of nitriles is 2. The lowest BCUT2D eigenvalue weighted by atomic mass is 9.70. The first-order chi connectivity index (χ1) is 31.1. The van der Waals surface area contributed by atoms with Crippen LogP contribution < -0.4 is 9.80 Å². The van der Waals surface area contributed by atoms with Crippen molar-refractivity contribution < 1.29 is 0 Å². The fourth-order valence-corrected chi connectivity index (χ4v) is 10.3. The Morgan fingerprint density at radius 1 is 0.286 bits per heavy atom. The molecular weight excluding hydrogens is 765 g/mol. The van der Waals surface area contributed by atoms with Gasteiger partial charge in [0.25, 0.3) is 0 Å². The van der Waals surface area contributed by atoms with Gasteiger partial charge in [-0.25, -0.2) is 0 Å². The summed E-state index contributed by atoms with van der Waals surface area (Å²) in [6.07, 6.45) is 0. The highest BCUT2D eigenvalue weighted by atomic mass is 15.1. The van der Waals surface area contributed by atoms with E-state index in [0.29, 0.717) is 11.1 Å². The highest BCUT2D eigenvalue weighted by Crippen LogP contribution is 2.64. The number of hydrogen-bond donors (Lipinski definition) is 0. The van der Waals surface area contributed by atoms with Gasteiger partial charge in [-0.3, -0.25) is 0 Å². The lowest BCUT2D eigenvalue weighted by Gasteiger charge is -2.31. The largest absolute Gasteiger partial charge is 0.310 e. The molecule has 10 aromatic rings. The van der Waals surface area contributed by atoms with Crippen molar-refractivity contribution in [1.82, 2.24) is 0 Å². The highest BCUT2D eigenvalue weighted by molar-refractivity contribution is 6.04. The Labute approximate surface area is 366 Å². The molecule has 12 rings (SSSR count). The predicted octanol–water partition coefficient (Wildman–Crippen LogP) is 15.0. The molecule has 0 amide bonds. The van der Waals surface area contributed by atoms with Crippen molar-refractivity contribution in [2.45, 2.75) is 5.41 Å². The number of rotatable bonds is 6. The molecule has 0 radical (unpaired) electrons. The molecule has 0 saturated carbocycles. The molecule has 2 aliphatic rings. The van der Waals surface area contributed by atoms with Crippen LogP contribution in [0, 0.1) is 22.7 Å². The van der Waals surface area contributed by atoms with Gasteiger partial charge in [-0.15, -0.1) is 0 Å². The molecule has 0 saturated heterocycles. The quantitative estimate of drug-likeness (QED) is 0.168. The van der Waals surface area contributed by atoms with E-state index in [1.807, 2.05) is 60.7 Å². The Morgan fingerprint density at radius 3 is 1.06 bits per heavy atom. The van der Waals surface area contributed by atoms with Crippen LogP contribution in [-0.2, 0) is 5.41 Å². The zero-order chi connectivity index (χ0) is 42.1. The maximum absolute atomic E-state index is 9.59. The number of para-hydroxylation sites is 2. The summed E-state index contributed by atoms with van der Waals surface area (Å²) in [7, 11) is 0. The van der Waals surface area contributed by atoms with Crippen LogP contribution in [0.1, 0.15) is 33.4 Å². The lowest BCUT2D eigenvalue weighted by molar-refractivity contribution is 0.796. The van der Waals surface area contributed by atoms with E-state index >= 15 is 0 Å². The minimum atomic E-state index is -0.551. The number of anilines is 6. The second kappa shape index (κ2) is 14.2. The summed E-state index contributed by atoms with van der Waals surface area (Å²) >= 11 is 0. The van der Waals surface area contributed by atoms with Crippen molar-refractivity contribution in [3.05, 3.63) is 252 Å². The van der Waals surface area contributed by atoms with Crippen LogP contribution in [0.15, 0.2) is 218 Å². The molecule has 4 nitrogen and oxygen atoms in total. The van der Waals surface area contributed by atoms with Crippen molar-refractivity contribution in [1.29, 1.82) is 10.5 Å². The predicted molar refractivity (Wildman–Crippen MR) is 257 cm³/mol. The van der Waals surface area contributed by atoms with Crippen LogP contribution >= 0.6 is 0 Å². The lowest BCUT2D eigenvalue weighted by Crippen LogP contribution is -2.25. The topological polar surface area (TPSA) is 54.1 Å². The molecular formula is C59H36N4. The summed E-state index contributed by atoms with van der Waals surface area (Å²) in [4.78, 5) is 4.53. The number of fused-ring (bicyclic) bond motifs is 12. The number of hydrogen-bond acceptors (Lipinski definition) is 4. The normalized spacial score (nSPS) is 12.5. The first-order valence-electron chi connectivity index (χ1n) is 21.2. The van der Waals surface area contributed by atoms with Gasteiger partial charge in [0, 0.05) is 34.1 Å². The fraction of sp³-hybridized carbons (Fsp3) is 0.0169. The fourth-order valence-electron chi connectivity index (χ4n) is 10.3. The third-order valence-corrected chi connectivity index (χ3v) is 13.0. The van der Waals surface area contributed by atoms with Crippen LogP contribution in [0.2, 0.25) is 0 Å². The monoisotopic (exact) mass is 800 g/mol. The Bertz CT molecular complexity index is 3290. The van der Waals surface area contributed by atoms with Gasteiger partial charge in [-0.2, -0.15) is 10.5 Å². The zero-order valence-electron chi connectivity index (χ0n) is 34.1. The van der Waals surface area contributed by atoms with Gasteiger partial charge < -0.3 is 9.80 Å². The van der Waals surface area contributed by atoms with Crippen LogP contribution in [-0.4, -0.2) is 0 Å². The summed E-state index contributed by atoms with van der Waals surface area (Å²) < 4.78 is 0. The van der Waals surface area contributed by atoms with Gasteiger partial charge in [0.15, 0.2) is 0 Å². The van der Waals surface area contributed by atoms with Gasteiger partial charge in [-0.1, -0.05) is 97.1 Å². The summed E-state index contributed by atoms with van der Waals surface area (Å²) in [5.74, 6) is 0. The Morgan fingerprint density at radius 2 is 0.651 bits per heavy atom. The van der Waals surface area contributed by atoms with Crippen molar-refractivity contribution in [3.63, 3.8) is 0 Å². The molecule has 4 heteroatoms. The molecule has 10 aromatic carbocycles. The molecule has 0 atom stereocenters. The average molecular weight is 801 g/mol. The summed E-state index contributed by atoms with van der Waals surface area (Å²) in [5, 5.41) is 23.8. The van der Waals surface area contributed by atoms with Crippen molar-refractivity contribution in [2.24, 2.45) is 0 Å². The number of nitrogens with zero attached hydrogens (tertiary/aromatic N) is 4. The molecule has 0 unspecified atom stereocenters. The molecule has 2 aliphatic carbocycles. The standard InChI is InChI=1S/C59H36N4/c60-37-39-19-25-47(26-20-39)62(45-11-3-1-4-12-45)49-29-23-41-33-53-54-34-42-24-30-50(63(46-13-5-2-6-14-46)48-27-21-40(38-61)22-28-48)32-44(42)36-58(54)59(57(53)35-43(41)31-49)55-17-9-7-15-51(55)52-16-8-10-18-56(52)59/h1-36H. The molecule has 63 heavy (non-hydrogen) atoms. The second-order valence-electron chi connectivity index (χ2n) is 16.4. The van der Waals surface area contributed by atoms with Gasteiger partial charge in [-0.05, 0) is 187 Å². The SMILES string of the molecule is N#Cc1ccc(N(c2ccccc2)c2ccc3cc4c(cc3c2)C2(c3ccccc3-c3ccccc32)c2cc3cc(N(c5ccccc5)c5ccc(C#N)cc5)ccc3cc2-4)cc1. The van der Waals surface area contributed by atoms with E-state index in [4.69, 9.17) is 0 Å². The third-order valence-electron chi connectivity index (χ3n) is 13.0. The van der Waals surface area contributed by atoms with Crippen LogP contribution in [0.4, 0.5) is 34.1 Å². The van der Waals surface area contributed by atoms with Crippen LogP contribution in [0.25, 0.3) is 43.8 Å². The Balaban J connectivity index is 1.09. The molecule has 0 N–H and O–H groups in total. The first kappa shape index (κ1) is 36.2. The van der Waals surface area contributed by atoms with Crippen molar-refractivity contribution in [2.75, 3.05) is 9.80 Å². The number of benzene rings is 10.